The van der Waals surface area contributed by atoms with Gasteiger partial charge in [-0.15, -0.1) is 6.58 Å². The quantitative estimate of drug-likeness (QED) is 0.327. The Morgan fingerprint density at radius 1 is 1.07 bits per heavy atom. The van der Waals surface area contributed by atoms with Crippen molar-refractivity contribution in [3.05, 3.63) is 118 Å². The van der Waals surface area contributed by atoms with Crippen molar-refractivity contribution in [1.82, 2.24) is 14.8 Å². The smallest absolute Gasteiger partial charge is 0.263 e. The summed E-state index contributed by atoms with van der Waals surface area (Å²) in [6, 6.07) is 20.8. The zero-order valence-corrected chi connectivity index (χ0v) is 23.4. The average molecular weight is 556 g/mol. The van der Waals surface area contributed by atoms with Crippen molar-refractivity contribution in [1.29, 1.82) is 0 Å². The lowest BCUT2D eigenvalue weighted by Gasteiger charge is -2.45. The van der Waals surface area contributed by atoms with Crippen molar-refractivity contribution < 1.29 is 19.4 Å². The average Bonchev–Trinajstić information content (AvgIpc) is 3.01. The second kappa shape index (κ2) is 12.2. The number of fused-ring (bicyclic) bond motifs is 1. The number of ether oxygens (including phenoxy) is 1. The molecule has 8 heteroatoms. The molecule has 8 nitrogen and oxygen atoms in total. The molecule has 2 aliphatic rings. The summed E-state index contributed by atoms with van der Waals surface area (Å²) in [6.45, 7) is 4.97. The zero-order valence-electron chi connectivity index (χ0n) is 23.4. The zero-order chi connectivity index (χ0) is 29.0. The maximum absolute atomic E-state index is 13.9. The highest BCUT2D eigenvalue weighted by molar-refractivity contribution is 5.94. The fourth-order valence-corrected chi connectivity index (χ4v) is 6.36. The Morgan fingerprint density at radius 2 is 1.78 bits per heavy atom. The Balaban J connectivity index is 1.33. The summed E-state index contributed by atoms with van der Waals surface area (Å²) in [5.74, 6) is -0.665. The van der Waals surface area contributed by atoms with Gasteiger partial charge in [0.2, 0.25) is 5.91 Å². The number of benzene rings is 2. The molecule has 2 amide bonds. The Bertz CT molecular complexity index is 1460. The molecule has 1 aliphatic carbocycles. The maximum Gasteiger partial charge on any atom is 0.263 e. The predicted octanol–water partition coefficient (Wildman–Crippen LogP) is 3.49. The number of aliphatic hydroxyl groups is 1. The number of aliphatic hydroxyl groups excluding tert-OH is 1. The lowest BCUT2D eigenvalue weighted by molar-refractivity contribution is -0.140. The van der Waals surface area contributed by atoms with E-state index in [2.05, 4.69) is 11.9 Å². The fraction of sp³-hybridized carbons (Fsp3) is 0.364. The number of nitrogens with zero attached hydrogens (tertiary/aromatic N) is 2. The number of amides is 2. The SMILES string of the molecule is C=CCOC(O)[C@]1(c2ccccc2)CCC(C(=O)N2CCC(NC(=O)c3cccn(C)c3=O)CC2)c2ccccc21. The number of hydrogen-bond acceptors (Lipinski definition) is 5. The maximum atomic E-state index is 13.9. The first-order valence-electron chi connectivity index (χ1n) is 14.2. The second-order valence-electron chi connectivity index (χ2n) is 10.9. The van der Waals surface area contributed by atoms with Gasteiger partial charge in [0, 0.05) is 32.4 Å². The van der Waals surface area contributed by atoms with E-state index < -0.39 is 11.7 Å². The van der Waals surface area contributed by atoms with Gasteiger partial charge in [-0.25, -0.2) is 0 Å². The number of pyridine rings is 1. The van der Waals surface area contributed by atoms with Crippen LogP contribution in [0.3, 0.4) is 0 Å². The van der Waals surface area contributed by atoms with Crippen LogP contribution in [0.25, 0.3) is 0 Å². The number of aromatic nitrogens is 1. The van der Waals surface area contributed by atoms with Crippen LogP contribution >= 0.6 is 0 Å². The Kier molecular flexibility index (Phi) is 8.52. The van der Waals surface area contributed by atoms with E-state index in [9.17, 15) is 19.5 Å². The van der Waals surface area contributed by atoms with E-state index in [1.165, 1.54) is 10.6 Å². The van der Waals surface area contributed by atoms with Gasteiger partial charge >= 0.3 is 0 Å². The van der Waals surface area contributed by atoms with Crippen LogP contribution in [0.4, 0.5) is 0 Å². The first kappa shape index (κ1) is 28.5. The highest BCUT2D eigenvalue weighted by atomic mass is 16.6. The van der Waals surface area contributed by atoms with E-state index in [0.717, 1.165) is 16.7 Å². The fourth-order valence-electron chi connectivity index (χ4n) is 6.36. The van der Waals surface area contributed by atoms with Gasteiger partial charge in [0.1, 0.15) is 5.56 Å². The van der Waals surface area contributed by atoms with E-state index in [0.29, 0.717) is 38.8 Å². The van der Waals surface area contributed by atoms with Gasteiger partial charge in [-0.2, -0.15) is 0 Å². The van der Waals surface area contributed by atoms with Crippen LogP contribution < -0.4 is 10.9 Å². The van der Waals surface area contributed by atoms with Crippen molar-refractivity contribution >= 4 is 11.8 Å². The van der Waals surface area contributed by atoms with Crippen LogP contribution in [0.15, 0.2) is 90.4 Å². The first-order valence-corrected chi connectivity index (χ1v) is 14.2. The van der Waals surface area contributed by atoms with Crippen molar-refractivity contribution in [2.75, 3.05) is 19.7 Å². The Labute approximate surface area is 240 Å². The molecule has 2 aromatic carbocycles. The predicted molar refractivity (Wildman–Crippen MR) is 157 cm³/mol. The van der Waals surface area contributed by atoms with E-state index in [-0.39, 0.29) is 41.5 Å². The normalized spacial score (nSPS) is 21.5. The van der Waals surface area contributed by atoms with Crippen molar-refractivity contribution in [2.45, 2.75) is 49.3 Å². The molecule has 2 heterocycles. The highest BCUT2D eigenvalue weighted by Gasteiger charge is 2.49. The van der Waals surface area contributed by atoms with Crippen molar-refractivity contribution in [3.8, 4) is 0 Å². The van der Waals surface area contributed by atoms with Crippen LogP contribution in [0.1, 0.15) is 58.6 Å². The molecule has 3 aromatic rings. The number of hydrogen-bond donors (Lipinski definition) is 2. The molecule has 1 saturated heterocycles. The molecule has 5 rings (SSSR count). The molecular weight excluding hydrogens is 518 g/mol. The molecule has 0 bridgehead atoms. The monoisotopic (exact) mass is 555 g/mol. The summed E-state index contributed by atoms with van der Waals surface area (Å²) in [7, 11) is 1.62. The third-order valence-electron chi connectivity index (χ3n) is 8.53. The molecular formula is C33H37N3O5. The van der Waals surface area contributed by atoms with Gasteiger partial charge in [0.25, 0.3) is 11.5 Å². The number of carbonyl (C=O) groups excluding carboxylic acids is 2. The minimum atomic E-state index is -1.11. The summed E-state index contributed by atoms with van der Waals surface area (Å²) >= 11 is 0. The largest absolute Gasteiger partial charge is 0.367 e. The molecule has 2 unspecified atom stereocenters. The second-order valence-corrected chi connectivity index (χ2v) is 10.9. The molecule has 3 atom stereocenters. The minimum Gasteiger partial charge on any atom is -0.367 e. The van der Waals surface area contributed by atoms with Crippen molar-refractivity contribution in [2.24, 2.45) is 7.05 Å². The van der Waals surface area contributed by atoms with Crippen LogP contribution in [0.5, 0.6) is 0 Å². The number of aryl methyl sites for hydroxylation is 1. The van der Waals surface area contributed by atoms with Gasteiger partial charge in [-0.1, -0.05) is 60.7 Å². The molecule has 0 saturated carbocycles. The van der Waals surface area contributed by atoms with E-state index in [4.69, 9.17) is 4.74 Å². The van der Waals surface area contributed by atoms with Gasteiger partial charge in [-0.3, -0.25) is 14.4 Å². The third-order valence-corrected chi connectivity index (χ3v) is 8.53. The van der Waals surface area contributed by atoms with E-state index in [1.54, 1.807) is 25.4 Å². The van der Waals surface area contributed by atoms with Crippen LogP contribution in [-0.4, -0.2) is 58.4 Å². The molecule has 1 fully saturated rings. The van der Waals surface area contributed by atoms with Crippen LogP contribution in [-0.2, 0) is 22.0 Å². The summed E-state index contributed by atoms with van der Waals surface area (Å²) in [5, 5.41) is 14.4. The molecule has 1 aromatic heterocycles. The van der Waals surface area contributed by atoms with E-state index in [1.807, 2.05) is 59.5 Å². The molecule has 1 aliphatic heterocycles. The minimum absolute atomic E-state index is 0.0577. The van der Waals surface area contributed by atoms with Crippen LogP contribution in [0.2, 0.25) is 0 Å². The Morgan fingerprint density at radius 3 is 2.51 bits per heavy atom. The first-order chi connectivity index (χ1) is 19.9. The van der Waals surface area contributed by atoms with Gasteiger partial charge in [-0.05, 0) is 54.5 Å². The lowest BCUT2D eigenvalue weighted by atomic mass is 9.62. The summed E-state index contributed by atoms with van der Waals surface area (Å²) < 4.78 is 7.22. The number of rotatable bonds is 8. The molecule has 41 heavy (non-hydrogen) atoms. The molecule has 0 radical (unpaired) electrons. The third kappa shape index (κ3) is 5.49. The Hall–Kier alpha value is -4.01. The lowest BCUT2D eigenvalue weighted by Crippen LogP contribution is -2.50. The highest BCUT2D eigenvalue weighted by Crippen LogP contribution is 2.49. The van der Waals surface area contributed by atoms with Crippen LogP contribution in [0, 0.1) is 0 Å². The number of likely N-dealkylation sites (tertiary alicyclic amines) is 1. The molecule has 2 N–H and O–H groups in total. The summed E-state index contributed by atoms with van der Waals surface area (Å²) in [5.41, 5.74) is 1.72. The number of carbonyl (C=O) groups is 2. The van der Waals surface area contributed by atoms with Gasteiger partial charge < -0.3 is 24.6 Å². The molecule has 214 valence electrons. The van der Waals surface area contributed by atoms with Gasteiger partial charge in [0.05, 0.1) is 17.9 Å². The topological polar surface area (TPSA) is 101 Å². The number of nitrogens with one attached hydrogen (secondary N) is 1. The van der Waals surface area contributed by atoms with E-state index >= 15 is 0 Å². The summed E-state index contributed by atoms with van der Waals surface area (Å²) in [6.07, 6.45) is 4.46. The number of piperidine rings is 1. The molecule has 0 spiro atoms. The standard InChI is InChI=1S/C33H37N3O5/c1-3-22-41-32(40)33(23-10-5-4-6-11-23)18-15-26(25-12-7-8-14-28(25)33)31(39)36-20-16-24(17-21-36)34-29(37)27-13-9-19-35(2)30(27)38/h3-14,19,24,26,32,40H,1,15-18,20-22H2,2H3,(H,34,37)/t26?,32?,33-/m0/s1. The van der Waals surface area contributed by atoms with Crippen molar-refractivity contribution in [3.63, 3.8) is 0 Å². The summed E-state index contributed by atoms with van der Waals surface area (Å²) in [4.78, 5) is 40.9. The van der Waals surface area contributed by atoms with Gasteiger partial charge in [0.15, 0.2) is 6.29 Å².